The van der Waals surface area contributed by atoms with Crippen molar-refractivity contribution in [2.75, 3.05) is 6.61 Å². The predicted molar refractivity (Wildman–Crippen MR) is 74.8 cm³/mol. The van der Waals surface area contributed by atoms with Crippen LogP contribution in [0.2, 0.25) is 0 Å². The van der Waals surface area contributed by atoms with Gasteiger partial charge in [0.15, 0.2) is 0 Å². The van der Waals surface area contributed by atoms with Crippen molar-refractivity contribution >= 4 is 5.97 Å². The summed E-state index contributed by atoms with van der Waals surface area (Å²) in [4.78, 5) is 12.3. The second-order valence-electron chi connectivity index (χ2n) is 7.20. The molecule has 0 aromatic heterocycles. The van der Waals surface area contributed by atoms with Gasteiger partial charge in [-0.05, 0) is 6.92 Å². The van der Waals surface area contributed by atoms with Crippen LogP contribution in [0.25, 0.3) is 0 Å². The molecule has 1 saturated heterocycles. The lowest BCUT2D eigenvalue weighted by Crippen LogP contribution is -2.72. The van der Waals surface area contributed by atoms with Crippen molar-refractivity contribution in [1.82, 2.24) is 0 Å². The van der Waals surface area contributed by atoms with Crippen LogP contribution in [0, 0.1) is 17.3 Å². The Labute approximate surface area is 132 Å². The maximum Gasteiger partial charge on any atom is 0.313 e. The normalized spacial score (nSPS) is 58.0. The van der Waals surface area contributed by atoms with Crippen molar-refractivity contribution in [3.63, 3.8) is 0 Å². The molecule has 2 saturated carbocycles. The summed E-state index contributed by atoms with van der Waals surface area (Å²) in [6.45, 7) is 5.55. The number of aliphatic hydroxyl groups is 6. The highest BCUT2D eigenvalue weighted by molar-refractivity contribution is 5.79. The Morgan fingerprint density at radius 1 is 1.22 bits per heavy atom. The average Bonchev–Trinajstić information content (AvgIpc) is 2.88. The van der Waals surface area contributed by atoms with E-state index in [1.807, 2.05) is 0 Å². The van der Waals surface area contributed by atoms with Gasteiger partial charge in [0.2, 0.25) is 0 Å². The number of ether oxygens (including phenoxy) is 1. The van der Waals surface area contributed by atoms with Crippen LogP contribution >= 0.6 is 0 Å². The van der Waals surface area contributed by atoms with E-state index in [0.29, 0.717) is 5.57 Å². The molecular formula is C15H22O8. The molecule has 6 N–H and O–H groups in total. The van der Waals surface area contributed by atoms with Crippen molar-refractivity contribution in [3.05, 3.63) is 12.2 Å². The molecule has 1 heterocycles. The number of hydrogen-bond acceptors (Lipinski definition) is 8. The number of fused-ring (bicyclic) bond motifs is 4. The maximum absolute atomic E-state index is 12.3. The number of carbonyl (C=O) groups is 1. The van der Waals surface area contributed by atoms with Gasteiger partial charge in [-0.2, -0.15) is 0 Å². The molecule has 0 radical (unpaired) electrons. The number of hydrogen-bond donors (Lipinski definition) is 6. The lowest BCUT2D eigenvalue weighted by Gasteiger charge is -2.55. The molecule has 0 aromatic carbocycles. The monoisotopic (exact) mass is 330 g/mol. The van der Waals surface area contributed by atoms with Crippen molar-refractivity contribution in [2.45, 2.75) is 49.5 Å². The zero-order valence-electron chi connectivity index (χ0n) is 12.9. The van der Waals surface area contributed by atoms with Gasteiger partial charge in [0.05, 0.1) is 17.9 Å². The van der Waals surface area contributed by atoms with Gasteiger partial charge in [-0.15, -0.1) is 0 Å². The van der Waals surface area contributed by atoms with E-state index < -0.39 is 65.4 Å². The smallest absolute Gasteiger partial charge is 0.313 e. The van der Waals surface area contributed by atoms with E-state index >= 15 is 0 Å². The summed E-state index contributed by atoms with van der Waals surface area (Å²) < 4.78 is 5.16. The van der Waals surface area contributed by atoms with Gasteiger partial charge in [-0.25, -0.2) is 0 Å². The van der Waals surface area contributed by atoms with E-state index in [1.165, 1.54) is 6.92 Å². The molecule has 3 rings (SSSR count). The molecule has 8 heteroatoms. The Morgan fingerprint density at radius 3 is 2.26 bits per heavy atom. The molecule has 3 fully saturated rings. The Morgan fingerprint density at radius 2 is 1.78 bits per heavy atom. The van der Waals surface area contributed by atoms with Crippen molar-refractivity contribution in [3.8, 4) is 0 Å². The molecule has 2 bridgehead atoms. The summed E-state index contributed by atoms with van der Waals surface area (Å²) in [5, 5.41) is 63.0. The van der Waals surface area contributed by atoms with Crippen molar-refractivity contribution in [1.29, 1.82) is 0 Å². The highest BCUT2D eigenvalue weighted by Crippen LogP contribution is 2.66. The van der Waals surface area contributed by atoms with Gasteiger partial charge in [-0.1, -0.05) is 19.1 Å². The van der Waals surface area contributed by atoms with Crippen LogP contribution in [-0.2, 0) is 9.53 Å². The minimum Gasteiger partial charge on any atom is -0.459 e. The van der Waals surface area contributed by atoms with E-state index in [4.69, 9.17) is 4.74 Å². The molecule has 3 aliphatic rings. The summed E-state index contributed by atoms with van der Waals surface area (Å²) in [7, 11) is 0. The lowest BCUT2D eigenvalue weighted by atomic mass is 9.51. The first kappa shape index (κ1) is 16.8. The predicted octanol–water partition coefficient (Wildman–Crippen LogP) is -2.71. The minimum atomic E-state index is -2.41. The van der Waals surface area contributed by atoms with Crippen LogP contribution in [0.15, 0.2) is 12.2 Å². The fraction of sp³-hybridized carbons (Fsp3) is 0.800. The van der Waals surface area contributed by atoms with Crippen LogP contribution in [-0.4, -0.2) is 78.8 Å². The van der Waals surface area contributed by atoms with Crippen LogP contribution in [0.4, 0.5) is 0 Å². The standard InChI is InChI=1S/C15H22O8/c1-5(2)6-7-12(20)23-8(6)9(17)13(3)14(21,4-16)10(18)11(19)15(7,13)22/h6-11,16-19,21-22H,1,4H2,2-3H3/t6-,7+,8+,9+,10+,11-,13-,14-,15-/m0/s1. The quantitative estimate of drug-likeness (QED) is 0.237. The second-order valence-corrected chi connectivity index (χ2v) is 7.20. The van der Waals surface area contributed by atoms with E-state index in [0.717, 1.165) is 0 Å². The molecule has 23 heavy (non-hydrogen) atoms. The maximum atomic E-state index is 12.3. The SMILES string of the molecule is C=C(C)[C@@H]1[C@H]2OC(=O)[C@@H]1[C@]1(O)[C@@H](O)[C@@H](O)[C@@](O)(CO)[C@]1(C)[C@@H]2O. The third-order valence-corrected chi connectivity index (χ3v) is 6.38. The van der Waals surface area contributed by atoms with E-state index in [-0.39, 0.29) is 0 Å². The van der Waals surface area contributed by atoms with E-state index in [2.05, 4.69) is 6.58 Å². The minimum absolute atomic E-state index is 0.460. The zero-order chi connectivity index (χ0) is 17.5. The first-order valence-corrected chi connectivity index (χ1v) is 7.45. The van der Waals surface area contributed by atoms with Gasteiger partial charge >= 0.3 is 5.97 Å². The third-order valence-electron chi connectivity index (χ3n) is 6.38. The van der Waals surface area contributed by atoms with Gasteiger partial charge in [0, 0.05) is 5.92 Å². The highest BCUT2D eigenvalue weighted by Gasteiger charge is 2.85. The molecule has 0 spiro atoms. The molecule has 0 amide bonds. The first-order chi connectivity index (χ1) is 10.5. The average molecular weight is 330 g/mol. The molecule has 0 aromatic rings. The topological polar surface area (TPSA) is 148 Å². The molecule has 8 nitrogen and oxygen atoms in total. The highest BCUT2D eigenvalue weighted by atomic mass is 16.6. The fourth-order valence-corrected chi connectivity index (χ4v) is 4.95. The molecule has 2 aliphatic carbocycles. The number of esters is 1. The summed E-state index contributed by atoms with van der Waals surface area (Å²) in [6.07, 6.45) is -6.63. The summed E-state index contributed by atoms with van der Waals surface area (Å²) in [6, 6.07) is 0. The van der Waals surface area contributed by atoms with E-state index in [9.17, 15) is 35.4 Å². The third kappa shape index (κ3) is 1.46. The zero-order valence-corrected chi connectivity index (χ0v) is 12.9. The summed E-state index contributed by atoms with van der Waals surface area (Å²) in [5.41, 5.74) is -6.33. The first-order valence-electron chi connectivity index (χ1n) is 7.45. The Bertz CT molecular complexity index is 578. The second kappa shape index (κ2) is 4.53. The van der Waals surface area contributed by atoms with Crippen molar-refractivity contribution < 1.29 is 40.2 Å². The number of aliphatic hydroxyl groups excluding tert-OH is 4. The molecule has 130 valence electrons. The number of rotatable bonds is 2. The van der Waals surface area contributed by atoms with E-state index in [1.54, 1.807) is 6.92 Å². The molecule has 0 unspecified atom stereocenters. The van der Waals surface area contributed by atoms with Crippen LogP contribution in [0.1, 0.15) is 13.8 Å². The van der Waals surface area contributed by atoms with Gasteiger partial charge < -0.3 is 35.4 Å². The molecule has 1 aliphatic heterocycles. The Hall–Kier alpha value is -1.03. The molecular weight excluding hydrogens is 308 g/mol. The summed E-state index contributed by atoms with van der Waals surface area (Å²) in [5.74, 6) is -2.94. The van der Waals surface area contributed by atoms with Gasteiger partial charge in [0.1, 0.15) is 35.6 Å². The van der Waals surface area contributed by atoms with Crippen LogP contribution in [0.3, 0.4) is 0 Å². The lowest BCUT2D eigenvalue weighted by molar-refractivity contribution is -0.264. The number of carbonyl (C=O) groups excluding carboxylic acids is 1. The van der Waals surface area contributed by atoms with Crippen LogP contribution in [0.5, 0.6) is 0 Å². The van der Waals surface area contributed by atoms with Gasteiger partial charge in [-0.3, -0.25) is 4.79 Å². The van der Waals surface area contributed by atoms with Crippen LogP contribution < -0.4 is 0 Å². The van der Waals surface area contributed by atoms with Crippen molar-refractivity contribution in [2.24, 2.45) is 17.3 Å². The molecule has 9 atom stereocenters. The van der Waals surface area contributed by atoms with Gasteiger partial charge in [0.25, 0.3) is 0 Å². The largest absolute Gasteiger partial charge is 0.459 e. The Balaban J connectivity index is 2.29. The fourth-order valence-electron chi connectivity index (χ4n) is 4.95. The summed E-state index contributed by atoms with van der Waals surface area (Å²) >= 11 is 0. The Kier molecular flexibility index (Phi) is 3.31.